The van der Waals surface area contributed by atoms with Crippen molar-refractivity contribution in [3.8, 4) is 11.4 Å². The summed E-state index contributed by atoms with van der Waals surface area (Å²) >= 11 is 0. The Labute approximate surface area is 109 Å². The Bertz CT molecular complexity index is 580. The molecule has 0 aliphatic heterocycles. The number of halogens is 3. The molecule has 2 aromatic rings. The van der Waals surface area contributed by atoms with E-state index in [1.807, 2.05) is 0 Å². The number of aromatic nitrogens is 2. The number of imidazole rings is 1. The van der Waals surface area contributed by atoms with E-state index in [0.717, 1.165) is 11.8 Å². The van der Waals surface area contributed by atoms with Crippen LogP contribution >= 0.6 is 0 Å². The van der Waals surface area contributed by atoms with Crippen molar-refractivity contribution in [3.05, 3.63) is 48.3 Å². The van der Waals surface area contributed by atoms with Gasteiger partial charge in [0.15, 0.2) is 5.69 Å². The summed E-state index contributed by atoms with van der Waals surface area (Å²) in [4.78, 5) is 3.69. The van der Waals surface area contributed by atoms with Crippen LogP contribution in [0.5, 0.6) is 0 Å². The van der Waals surface area contributed by atoms with Crippen molar-refractivity contribution in [1.82, 2.24) is 9.55 Å². The van der Waals surface area contributed by atoms with E-state index in [0.29, 0.717) is 17.9 Å². The van der Waals surface area contributed by atoms with Crippen molar-refractivity contribution in [1.29, 1.82) is 0 Å². The molecule has 0 N–H and O–H groups in total. The standard InChI is InChI=1S/C14H13F3N2/c1-3-10-5-7-11(8-6-10)13-18-12(14(15,16)17)9-19(13)4-2/h3,5-9H,1,4H2,2H3. The highest BCUT2D eigenvalue weighted by Crippen LogP contribution is 2.31. The molecule has 1 aromatic heterocycles. The lowest BCUT2D eigenvalue weighted by Gasteiger charge is -2.04. The smallest absolute Gasteiger partial charge is 0.331 e. The van der Waals surface area contributed by atoms with Crippen molar-refractivity contribution in [3.63, 3.8) is 0 Å². The minimum Gasteiger partial charge on any atom is -0.331 e. The Morgan fingerprint density at radius 2 is 1.89 bits per heavy atom. The highest BCUT2D eigenvalue weighted by Gasteiger charge is 2.34. The summed E-state index contributed by atoms with van der Waals surface area (Å²) in [6.45, 7) is 5.85. The topological polar surface area (TPSA) is 17.8 Å². The van der Waals surface area contributed by atoms with Gasteiger partial charge in [-0.2, -0.15) is 13.2 Å². The third-order valence-corrected chi connectivity index (χ3v) is 2.81. The molecule has 0 saturated heterocycles. The van der Waals surface area contributed by atoms with Crippen LogP contribution in [-0.4, -0.2) is 9.55 Å². The zero-order valence-corrected chi connectivity index (χ0v) is 10.4. The number of aryl methyl sites for hydroxylation is 1. The lowest BCUT2D eigenvalue weighted by molar-refractivity contribution is -0.140. The molecule has 0 unspecified atom stereocenters. The van der Waals surface area contributed by atoms with Gasteiger partial charge in [0.05, 0.1) is 0 Å². The zero-order chi connectivity index (χ0) is 14.0. The van der Waals surface area contributed by atoms with Crippen LogP contribution < -0.4 is 0 Å². The second kappa shape index (κ2) is 4.91. The van der Waals surface area contributed by atoms with Gasteiger partial charge >= 0.3 is 6.18 Å². The van der Waals surface area contributed by atoms with Crippen LogP contribution in [0.2, 0.25) is 0 Å². The third kappa shape index (κ3) is 2.70. The molecule has 0 radical (unpaired) electrons. The predicted molar refractivity (Wildman–Crippen MR) is 68.4 cm³/mol. The van der Waals surface area contributed by atoms with Crippen LogP contribution in [0, 0.1) is 0 Å². The van der Waals surface area contributed by atoms with Gasteiger partial charge in [0, 0.05) is 18.3 Å². The second-order valence-corrected chi connectivity index (χ2v) is 4.06. The number of benzene rings is 1. The van der Waals surface area contributed by atoms with E-state index in [1.54, 1.807) is 37.3 Å². The highest BCUT2D eigenvalue weighted by atomic mass is 19.4. The van der Waals surface area contributed by atoms with Crippen LogP contribution in [0.25, 0.3) is 17.5 Å². The first-order valence-electron chi connectivity index (χ1n) is 5.83. The predicted octanol–water partition coefficient (Wildman–Crippen LogP) is 4.23. The summed E-state index contributed by atoms with van der Waals surface area (Å²) in [6.07, 6.45) is -1.70. The Hall–Kier alpha value is -2.04. The fraction of sp³-hybridized carbons (Fsp3) is 0.214. The maximum atomic E-state index is 12.7. The average molecular weight is 266 g/mol. The van der Waals surface area contributed by atoms with Crippen molar-refractivity contribution in [2.75, 3.05) is 0 Å². The monoisotopic (exact) mass is 266 g/mol. The number of alkyl halides is 3. The molecule has 0 aliphatic rings. The molecule has 2 nitrogen and oxygen atoms in total. The molecule has 0 saturated carbocycles. The number of hydrogen-bond donors (Lipinski definition) is 0. The van der Waals surface area contributed by atoms with E-state index >= 15 is 0 Å². The van der Waals surface area contributed by atoms with E-state index in [-0.39, 0.29) is 0 Å². The van der Waals surface area contributed by atoms with Gasteiger partial charge in [-0.05, 0) is 12.5 Å². The van der Waals surface area contributed by atoms with Crippen LogP contribution in [0.3, 0.4) is 0 Å². The zero-order valence-electron chi connectivity index (χ0n) is 10.4. The first kappa shape index (κ1) is 13.4. The number of hydrogen-bond acceptors (Lipinski definition) is 1. The summed E-state index contributed by atoms with van der Waals surface area (Å²) < 4.78 is 39.5. The van der Waals surface area contributed by atoms with Crippen molar-refractivity contribution in [2.45, 2.75) is 19.6 Å². The first-order valence-corrected chi connectivity index (χ1v) is 5.83. The number of rotatable bonds is 3. The van der Waals surface area contributed by atoms with Gasteiger partial charge < -0.3 is 4.57 Å². The lowest BCUT2D eigenvalue weighted by Crippen LogP contribution is -2.05. The maximum absolute atomic E-state index is 12.7. The molecule has 5 heteroatoms. The lowest BCUT2D eigenvalue weighted by atomic mass is 10.1. The Morgan fingerprint density at radius 1 is 1.26 bits per heavy atom. The highest BCUT2D eigenvalue weighted by molar-refractivity contribution is 5.60. The Morgan fingerprint density at radius 3 is 2.37 bits per heavy atom. The third-order valence-electron chi connectivity index (χ3n) is 2.81. The van der Waals surface area contributed by atoms with Crippen LogP contribution in [-0.2, 0) is 12.7 Å². The van der Waals surface area contributed by atoms with E-state index in [2.05, 4.69) is 11.6 Å². The molecule has 0 fully saturated rings. The quantitative estimate of drug-likeness (QED) is 0.812. The molecule has 1 aromatic carbocycles. The average Bonchev–Trinajstić information content (AvgIpc) is 2.83. The molecule has 0 bridgehead atoms. The SMILES string of the molecule is C=Cc1ccc(-c2nc(C(F)(F)F)cn2CC)cc1. The van der Waals surface area contributed by atoms with Gasteiger partial charge in [-0.25, -0.2) is 4.98 Å². The molecule has 2 rings (SSSR count). The molecule has 1 heterocycles. The van der Waals surface area contributed by atoms with E-state index in [9.17, 15) is 13.2 Å². The Balaban J connectivity index is 2.48. The van der Waals surface area contributed by atoms with Crippen molar-refractivity contribution >= 4 is 6.08 Å². The van der Waals surface area contributed by atoms with Gasteiger partial charge in [-0.15, -0.1) is 0 Å². The van der Waals surface area contributed by atoms with Gasteiger partial charge in [0.25, 0.3) is 0 Å². The van der Waals surface area contributed by atoms with Crippen LogP contribution in [0.1, 0.15) is 18.2 Å². The van der Waals surface area contributed by atoms with Gasteiger partial charge in [0.1, 0.15) is 5.82 Å². The van der Waals surface area contributed by atoms with Gasteiger partial charge in [-0.3, -0.25) is 0 Å². The fourth-order valence-corrected chi connectivity index (χ4v) is 1.79. The van der Waals surface area contributed by atoms with E-state index < -0.39 is 11.9 Å². The normalized spacial score (nSPS) is 11.6. The summed E-state index contributed by atoms with van der Waals surface area (Å²) in [7, 11) is 0. The summed E-state index contributed by atoms with van der Waals surface area (Å²) in [5.74, 6) is 0.324. The van der Waals surface area contributed by atoms with Gasteiger partial charge in [-0.1, -0.05) is 36.9 Å². The summed E-state index contributed by atoms with van der Waals surface area (Å²) in [5, 5.41) is 0. The minimum atomic E-state index is -4.42. The molecule has 100 valence electrons. The second-order valence-electron chi connectivity index (χ2n) is 4.06. The Kier molecular flexibility index (Phi) is 3.46. The number of nitrogens with zero attached hydrogens (tertiary/aromatic N) is 2. The van der Waals surface area contributed by atoms with Gasteiger partial charge in [0.2, 0.25) is 0 Å². The maximum Gasteiger partial charge on any atom is 0.434 e. The van der Waals surface area contributed by atoms with Crippen molar-refractivity contribution < 1.29 is 13.2 Å². The van der Waals surface area contributed by atoms with E-state index in [1.165, 1.54) is 4.57 Å². The molecule has 0 atom stereocenters. The van der Waals surface area contributed by atoms with Crippen LogP contribution in [0.15, 0.2) is 37.0 Å². The summed E-state index contributed by atoms with van der Waals surface area (Å²) in [5.41, 5.74) is 0.703. The van der Waals surface area contributed by atoms with Crippen molar-refractivity contribution in [2.24, 2.45) is 0 Å². The minimum absolute atomic E-state index is 0.324. The van der Waals surface area contributed by atoms with E-state index in [4.69, 9.17) is 0 Å². The fourth-order valence-electron chi connectivity index (χ4n) is 1.79. The molecular formula is C14H13F3N2. The molecule has 0 amide bonds. The molecular weight excluding hydrogens is 253 g/mol. The largest absolute Gasteiger partial charge is 0.434 e. The first-order chi connectivity index (χ1) is 8.95. The molecule has 0 spiro atoms. The molecule has 0 aliphatic carbocycles. The van der Waals surface area contributed by atoms with Crippen LogP contribution in [0.4, 0.5) is 13.2 Å². The summed E-state index contributed by atoms with van der Waals surface area (Å²) in [6, 6.07) is 7.08. The molecule has 19 heavy (non-hydrogen) atoms.